The molecule has 0 bridgehead atoms. The van der Waals surface area contributed by atoms with Crippen LogP contribution in [0.2, 0.25) is 5.02 Å². The Morgan fingerprint density at radius 3 is 2.60 bits per heavy atom. The van der Waals surface area contributed by atoms with E-state index in [4.69, 9.17) is 16.0 Å². The quantitative estimate of drug-likeness (QED) is 0.600. The first-order chi connectivity index (χ1) is 14.3. The summed E-state index contributed by atoms with van der Waals surface area (Å²) in [6.07, 6.45) is -3.11. The number of likely N-dealkylation sites (tertiary alicyclic amines) is 1. The van der Waals surface area contributed by atoms with Crippen molar-refractivity contribution in [2.45, 2.75) is 24.9 Å². The van der Waals surface area contributed by atoms with Gasteiger partial charge >= 0.3 is 6.18 Å². The molecule has 1 aliphatic heterocycles. The molecule has 1 saturated heterocycles. The molecule has 4 rings (SSSR count). The summed E-state index contributed by atoms with van der Waals surface area (Å²) in [7, 11) is 0. The van der Waals surface area contributed by atoms with E-state index in [1.54, 1.807) is 0 Å². The average Bonchev–Trinajstić information content (AvgIpc) is 3.13. The maximum atomic E-state index is 13.2. The van der Waals surface area contributed by atoms with Gasteiger partial charge in [0, 0.05) is 5.92 Å². The zero-order valence-electron chi connectivity index (χ0n) is 15.9. The summed E-state index contributed by atoms with van der Waals surface area (Å²) in [4.78, 5) is 18.8. The number of rotatable bonds is 4. The predicted molar refractivity (Wildman–Crippen MR) is 108 cm³/mol. The number of hydrogen-bond donors (Lipinski definition) is 1. The molecular formula is C21H19ClF3N3O2. The van der Waals surface area contributed by atoms with E-state index in [1.807, 2.05) is 29.2 Å². The number of oxazole rings is 1. The maximum absolute atomic E-state index is 13.2. The van der Waals surface area contributed by atoms with Gasteiger partial charge < -0.3 is 9.73 Å². The van der Waals surface area contributed by atoms with Gasteiger partial charge in [0.2, 0.25) is 5.91 Å². The fraction of sp³-hybridized carbons (Fsp3) is 0.333. The second kappa shape index (κ2) is 8.28. The highest BCUT2D eigenvalue weighted by atomic mass is 35.5. The van der Waals surface area contributed by atoms with Crippen LogP contribution in [-0.4, -0.2) is 35.4 Å². The van der Waals surface area contributed by atoms with Crippen LogP contribution < -0.4 is 5.32 Å². The largest absolute Gasteiger partial charge is 0.440 e. The Morgan fingerprint density at radius 2 is 1.90 bits per heavy atom. The standard InChI is InChI=1S/C21H19ClF3N3O2/c22-15-5-3-4-14(21(23,24)25)19(15)27-18(29)12-28-10-8-13(9-11-28)20-26-16-6-1-2-7-17(16)30-20/h1-7,13H,8-12H2,(H,27,29). The molecule has 158 valence electrons. The lowest BCUT2D eigenvalue weighted by molar-refractivity contribution is -0.137. The van der Waals surface area contributed by atoms with Gasteiger partial charge in [-0.3, -0.25) is 9.69 Å². The van der Waals surface area contributed by atoms with E-state index in [9.17, 15) is 18.0 Å². The molecular weight excluding hydrogens is 419 g/mol. The Kier molecular flexibility index (Phi) is 5.71. The van der Waals surface area contributed by atoms with Crippen LogP contribution in [0.5, 0.6) is 0 Å². The molecule has 5 nitrogen and oxygen atoms in total. The van der Waals surface area contributed by atoms with Crippen molar-refractivity contribution in [2.75, 3.05) is 25.0 Å². The summed E-state index contributed by atoms with van der Waals surface area (Å²) < 4.78 is 45.4. The van der Waals surface area contributed by atoms with Crippen molar-refractivity contribution in [1.82, 2.24) is 9.88 Å². The van der Waals surface area contributed by atoms with Crippen LogP contribution in [0.25, 0.3) is 11.1 Å². The second-order valence-electron chi connectivity index (χ2n) is 7.28. The van der Waals surface area contributed by atoms with E-state index in [2.05, 4.69) is 10.3 Å². The van der Waals surface area contributed by atoms with Crippen molar-refractivity contribution in [3.05, 3.63) is 58.9 Å². The number of nitrogens with zero attached hydrogens (tertiary/aromatic N) is 2. The summed E-state index contributed by atoms with van der Waals surface area (Å²) in [6.45, 7) is 1.22. The molecule has 0 unspecified atom stereocenters. The number of alkyl halides is 3. The van der Waals surface area contributed by atoms with E-state index in [1.165, 1.54) is 12.1 Å². The third-order valence-corrected chi connectivity index (χ3v) is 5.51. The first kappa shape index (κ1) is 20.7. The number of nitrogens with one attached hydrogen (secondary N) is 1. The molecule has 2 aromatic carbocycles. The van der Waals surface area contributed by atoms with E-state index in [-0.39, 0.29) is 17.5 Å². The second-order valence-corrected chi connectivity index (χ2v) is 7.69. The molecule has 0 spiro atoms. The SMILES string of the molecule is O=C(CN1CCC(c2nc3ccccc3o2)CC1)Nc1c(Cl)cccc1C(F)(F)F. The van der Waals surface area contributed by atoms with Crippen molar-refractivity contribution in [3.8, 4) is 0 Å². The number of fused-ring (bicyclic) bond motifs is 1. The molecule has 3 aromatic rings. The minimum absolute atomic E-state index is 0.0111. The minimum Gasteiger partial charge on any atom is -0.440 e. The highest BCUT2D eigenvalue weighted by Crippen LogP contribution is 2.38. The summed E-state index contributed by atoms with van der Waals surface area (Å²) in [5, 5.41) is 2.18. The third-order valence-electron chi connectivity index (χ3n) is 5.20. The Balaban J connectivity index is 1.36. The van der Waals surface area contributed by atoms with Crippen LogP contribution in [0.4, 0.5) is 18.9 Å². The first-order valence-corrected chi connectivity index (χ1v) is 9.92. The highest BCUT2D eigenvalue weighted by Gasteiger charge is 2.35. The molecule has 1 aliphatic rings. The van der Waals surface area contributed by atoms with Crippen molar-refractivity contribution in [3.63, 3.8) is 0 Å². The number of benzene rings is 2. The number of anilines is 1. The molecule has 1 fully saturated rings. The minimum atomic E-state index is -4.61. The number of carbonyl (C=O) groups excluding carboxylic acids is 1. The lowest BCUT2D eigenvalue weighted by Gasteiger charge is -2.30. The molecule has 0 saturated carbocycles. The van der Waals surface area contributed by atoms with Crippen molar-refractivity contribution in [2.24, 2.45) is 0 Å². The van der Waals surface area contributed by atoms with Gasteiger partial charge in [-0.15, -0.1) is 0 Å². The molecule has 0 atom stereocenters. The van der Waals surface area contributed by atoms with Gasteiger partial charge in [-0.1, -0.05) is 29.8 Å². The zero-order valence-corrected chi connectivity index (χ0v) is 16.6. The number of hydrogen-bond acceptors (Lipinski definition) is 4. The Bertz CT molecular complexity index is 1030. The van der Waals surface area contributed by atoms with Gasteiger partial charge in [0.15, 0.2) is 11.5 Å². The van der Waals surface area contributed by atoms with Crippen LogP contribution in [-0.2, 0) is 11.0 Å². The van der Waals surface area contributed by atoms with Crippen molar-refractivity contribution < 1.29 is 22.4 Å². The number of para-hydroxylation sites is 3. The van der Waals surface area contributed by atoms with Crippen LogP contribution in [0, 0.1) is 0 Å². The van der Waals surface area contributed by atoms with Gasteiger partial charge in [-0.05, 0) is 50.2 Å². The van der Waals surface area contributed by atoms with Gasteiger partial charge in [0.25, 0.3) is 0 Å². The molecule has 30 heavy (non-hydrogen) atoms. The Labute approximate surface area is 175 Å². The molecule has 0 radical (unpaired) electrons. The molecule has 1 N–H and O–H groups in total. The van der Waals surface area contributed by atoms with Gasteiger partial charge in [0.1, 0.15) is 5.52 Å². The molecule has 9 heteroatoms. The predicted octanol–water partition coefficient (Wildman–Crippen LogP) is 5.32. The van der Waals surface area contributed by atoms with Crippen LogP contribution in [0.3, 0.4) is 0 Å². The summed E-state index contributed by atoms with van der Waals surface area (Å²) in [5.74, 6) is 0.303. The van der Waals surface area contributed by atoms with Crippen LogP contribution in [0.1, 0.15) is 30.2 Å². The van der Waals surface area contributed by atoms with E-state index < -0.39 is 23.3 Å². The smallest absolute Gasteiger partial charge is 0.418 e. The summed E-state index contributed by atoms with van der Waals surface area (Å²) >= 11 is 5.90. The van der Waals surface area contributed by atoms with Crippen molar-refractivity contribution >= 4 is 34.3 Å². The number of amides is 1. The highest BCUT2D eigenvalue weighted by molar-refractivity contribution is 6.34. The Hall–Kier alpha value is -2.58. The van der Waals surface area contributed by atoms with Crippen LogP contribution >= 0.6 is 11.6 Å². The number of aromatic nitrogens is 1. The first-order valence-electron chi connectivity index (χ1n) is 9.54. The number of halogens is 4. The lowest BCUT2D eigenvalue weighted by atomic mass is 9.97. The average molecular weight is 438 g/mol. The number of carbonyl (C=O) groups is 1. The topological polar surface area (TPSA) is 58.4 Å². The monoisotopic (exact) mass is 437 g/mol. The van der Waals surface area contributed by atoms with E-state index in [0.29, 0.717) is 19.0 Å². The fourth-order valence-electron chi connectivity index (χ4n) is 3.67. The third kappa shape index (κ3) is 4.44. The molecule has 0 aliphatic carbocycles. The van der Waals surface area contributed by atoms with Crippen LogP contribution in [0.15, 0.2) is 46.9 Å². The number of piperidine rings is 1. The summed E-state index contributed by atoms with van der Waals surface area (Å²) in [5.41, 5.74) is 0.195. The van der Waals surface area contributed by atoms with E-state index >= 15 is 0 Å². The molecule has 2 heterocycles. The van der Waals surface area contributed by atoms with Gasteiger partial charge in [-0.25, -0.2) is 4.98 Å². The van der Waals surface area contributed by atoms with E-state index in [0.717, 1.165) is 30.0 Å². The zero-order chi connectivity index (χ0) is 21.3. The normalized spacial score (nSPS) is 16.1. The van der Waals surface area contributed by atoms with Crippen molar-refractivity contribution in [1.29, 1.82) is 0 Å². The Morgan fingerprint density at radius 1 is 1.17 bits per heavy atom. The molecule has 1 aromatic heterocycles. The van der Waals surface area contributed by atoms with Gasteiger partial charge in [0.05, 0.1) is 22.8 Å². The maximum Gasteiger partial charge on any atom is 0.418 e. The fourth-order valence-corrected chi connectivity index (χ4v) is 3.89. The molecule has 1 amide bonds. The summed E-state index contributed by atoms with van der Waals surface area (Å²) in [6, 6.07) is 11.0. The lowest BCUT2D eigenvalue weighted by Crippen LogP contribution is -2.39. The van der Waals surface area contributed by atoms with Gasteiger partial charge in [-0.2, -0.15) is 13.2 Å².